The first-order valence-electron chi connectivity index (χ1n) is 6.02. The van der Waals surface area contributed by atoms with Gasteiger partial charge in [-0.15, -0.1) is 0 Å². The maximum Gasteiger partial charge on any atom is 0.144 e. The van der Waals surface area contributed by atoms with Crippen molar-refractivity contribution < 1.29 is 8.95 Å². The molecule has 0 amide bonds. The molecule has 0 unspecified atom stereocenters. The van der Waals surface area contributed by atoms with Gasteiger partial charge in [-0.2, -0.15) is 4.40 Å². The molecular formula is C14H21NO2S. The van der Waals surface area contributed by atoms with Gasteiger partial charge in [0.15, 0.2) is 0 Å². The van der Waals surface area contributed by atoms with Gasteiger partial charge in [0.25, 0.3) is 0 Å². The topological polar surface area (TPSA) is 38.7 Å². The molecule has 1 aromatic rings. The van der Waals surface area contributed by atoms with E-state index < -0.39 is 11.0 Å². The Kier molecular flexibility index (Phi) is 5.08. The van der Waals surface area contributed by atoms with Crippen molar-refractivity contribution in [1.82, 2.24) is 0 Å². The van der Waals surface area contributed by atoms with Crippen molar-refractivity contribution in [1.29, 1.82) is 0 Å². The third kappa shape index (κ3) is 5.00. The van der Waals surface area contributed by atoms with E-state index >= 15 is 0 Å². The second-order valence-electron chi connectivity index (χ2n) is 5.33. The third-order valence-corrected chi connectivity index (χ3v) is 3.42. The van der Waals surface area contributed by atoms with Gasteiger partial charge >= 0.3 is 0 Å². The summed E-state index contributed by atoms with van der Waals surface area (Å²) in [6.07, 6.45) is 1.80. The molecule has 0 bridgehead atoms. The highest BCUT2D eigenvalue weighted by Crippen LogP contribution is 2.14. The molecule has 0 saturated heterocycles. The second kappa shape index (κ2) is 6.14. The maximum absolute atomic E-state index is 11.7. The molecule has 0 N–H and O–H groups in total. The lowest BCUT2D eigenvalue weighted by molar-refractivity contribution is 0.242. The monoisotopic (exact) mass is 267 g/mol. The molecule has 0 aliphatic rings. The fourth-order valence-electron chi connectivity index (χ4n) is 1.17. The van der Waals surface area contributed by atoms with Crippen molar-refractivity contribution >= 4 is 17.2 Å². The van der Waals surface area contributed by atoms with Crippen LogP contribution in [0.25, 0.3) is 0 Å². The summed E-state index contributed by atoms with van der Waals surface area (Å²) in [6.45, 7) is 9.68. The van der Waals surface area contributed by atoms with Gasteiger partial charge in [-0.3, -0.25) is 0 Å². The molecule has 100 valence electrons. The lowest BCUT2D eigenvalue weighted by atomic mass is 10.2. The second-order valence-corrected chi connectivity index (χ2v) is 7.27. The van der Waals surface area contributed by atoms with Gasteiger partial charge in [0.05, 0.1) is 10.9 Å². The maximum atomic E-state index is 11.7. The number of hydrogen-bond donors (Lipinski definition) is 0. The minimum atomic E-state index is -1.21. The van der Waals surface area contributed by atoms with Crippen LogP contribution < -0.4 is 4.74 Å². The zero-order chi connectivity index (χ0) is 13.8. The van der Waals surface area contributed by atoms with Gasteiger partial charge in [0.2, 0.25) is 0 Å². The van der Waals surface area contributed by atoms with E-state index in [9.17, 15) is 4.21 Å². The number of hydrogen-bond acceptors (Lipinski definition) is 2. The highest BCUT2D eigenvalue weighted by atomic mass is 32.2. The van der Waals surface area contributed by atoms with Crippen LogP contribution in [0.4, 0.5) is 0 Å². The molecular weight excluding hydrogens is 246 g/mol. The predicted molar refractivity (Wildman–Crippen MR) is 77.7 cm³/mol. The largest absolute Gasteiger partial charge is 0.491 e. The Morgan fingerprint density at radius 3 is 2.22 bits per heavy atom. The van der Waals surface area contributed by atoms with Gasteiger partial charge in [0.1, 0.15) is 16.7 Å². The summed E-state index contributed by atoms with van der Waals surface area (Å²) in [7, 11) is -1.21. The highest BCUT2D eigenvalue weighted by molar-refractivity contribution is 7.85. The van der Waals surface area contributed by atoms with Crippen molar-refractivity contribution in [2.45, 2.75) is 45.5 Å². The molecule has 0 aliphatic heterocycles. The molecule has 1 rings (SSSR count). The van der Waals surface area contributed by atoms with Crippen LogP contribution in [0.2, 0.25) is 0 Å². The zero-order valence-corrected chi connectivity index (χ0v) is 12.5. The first kappa shape index (κ1) is 14.9. The van der Waals surface area contributed by atoms with E-state index in [1.54, 1.807) is 6.21 Å². The normalized spacial score (nSPS) is 14.1. The fourth-order valence-corrected chi connectivity index (χ4v) is 1.71. The summed E-state index contributed by atoms with van der Waals surface area (Å²) in [6, 6.07) is 7.59. The van der Waals surface area contributed by atoms with E-state index in [-0.39, 0.29) is 10.9 Å². The summed E-state index contributed by atoms with van der Waals surface area (Å²) in [5.41, 5.74) is 0.920. The van der Waals surface area contributed by atoms with Crippen LogP contribution >= 0.6 is 0 Å². The summed E-state index contributed by atoms with van der Waals surface area (Å²) in [5, 5.41) is 0. The molecule has 3 nitrogen and oxygen atoms in total. The van der Waals surface area contributed by atoms with Crippen LogP contribution in [0, 0.1) is 0 Å². The summed E-state index contributed by atoms with van der Waals surface area (Å²) < 4.78 is 21.0. The number of benzene rings is 1. The SMILES string of the molecule is CC(C)Oc1ccc(/C=N/[S@](=O)C(C)(C)C)cc1. The lowest BCUT2D eigenvalue weighted by Gasteiger charge is -2.12. The minimum absolute atomic E-state index is 0.165. The highest BCUT2D eigenvalue weighted by Gasteiger charge is 2.17. The standard InChI is InChI=1S/C14H21NO2S/c1-11(2)17-13-8-6-12(7-9-13)10-15-18(16)14(3,4)5/h6-11H,1-5H3/b15-10+/t18-/m1/s1. The Morgan fingerprint density at radius 1 is 1.22 bits per heavy atom. The van der Waals surface area contributed by atoms with Gasteiger partial charge in [-0.25, -0.2) is 4.21 Å². The van der Waals surface area contributed by atoms with Crippen LogP contribution in [-0.4, -0.2) is 21.3 Å². The van der Waals surface area contributed by atoms with Crippen LogP contribution in [0.3, 0.4) is 0 Å². The molecule has 1 atom stereocenters. The molecule has 0 spiro atoms. The smallest absolute Gasteiger partial charge is 0.144 e. The molecule has 0 fully saturated rings. The van der Waals surface area contributed by atoms with Crippen molar-refractivity contribution in [3.63, 3.8) is 0 Å². The average molecular weight is 267 g/mol. The van der Waals surface area contributed by atoms with Gasteiger partial charge in [-0.1, -0.05) is 0 Å². The van der Waals surface area contributed by atoms with Crippen LogP contribution in [0.15, 0.2) is 28.7 Å². The molecule has 1 aromatic carbocycles. The van der Waals surface area contributed by atoms with E-state index in [0.29, 0.717) is 0 Å². The molecule has 18 heavy (non-hydrogen) atoms. The Hall–Kier alpha value is -1.16. The third-order valence-electron chi connectivity index (χ3n) is 2.07. The van der Waals surface area contributed by atoms with Crippen molar-refractivity contribution in [3.05, 3.63) is 29.8 Å². The van der Waals surface area contributed by atoms with E-state index in [2.05, 4.69) is 4.40 Å². The van der Waals surface area contributed by atoms with Gasteiger partial charge in [0, 0.05) is 6.21 Å². The van der Waals surface area contributed by atoms with Crippen molar-refractivity contribution in [2.24, 2.45) is 4.40 Å². The quantitative estimate of drug-likeness (QED) is 0.785. The van der Waals surface area contributed by atoms with E-state index in [1.165, 1.54) is 0 Å². The van der Waals surface area contributed by atoms with Crippen LogP contribution in [0.5, 0.6) is 5.75 Å². The predicted octanol–water partition coefficient (Wildman–Crippen LogP) is 3.35. The molecule has 0 aliphatic carbocycles. The molecule has 0 aromatic heterocycles. The lowest BCUT2D eigenvalue weighted by Crippen LogP contribution is -2.19. The first-order chi connectivity index (χ1) is 8.29. The van der Waals surface area contributed by atoms with Gasteiger partial charge in [-0.05, 0) is 64.4 Å². The summed E-state index contributed by atoms with van der Waals surface area (Å²) in [5.74, 6) is 0.832. The van der Waals surface area contributed by atoms with E-state index in [4.69, 9.17) is 4.74 Å². The van der Waals surface area contributed by atoms with Crippen LogP contribution in [0.1, 0.15) is 40.2 Å². The number of nitrogens with zero attached hydrogens (tertiary/aromatic N) is 1. The first-order valence-corrected chi connectivity index (χ1v) is 7.12. The van der Waals surface area contributed by atoms with E-state index in [1.807, 2.05) is 58.9 Å². The van der Waals surface area contributed by atoms with E-state index in [0.717, 1.165) is 11.3 Å². The Morgan fingerprint density at radius 2 is 1.78 bits per heavy atom. The Bertz CT molecular complexity index is 430. The summed E-state index contributed by atoms with van der Waals surface area (Å²) >= 11 is 0. The minimum Gasteiger partial charge on any atom is -0.491 e. The zero-order valence-electron chi connectivity index (χ0n) is 11.6. The van der Waals surface area contributed by atoms with Gasteiger partial charge < -0.3 is 4.74 Å². The van der Waals surface area contributed by atoms with Crippen molar-refractivity contribution in [3.8, 4) is 5.75 Å². The molecule has 0 saturated carbocycles. The number of rotatable bonds is 4. The molecule has 0 radical (unpaired) electrons. The molecule has 0 heterocycles. The summed E-state index contributed by atoms with van der Waals surface area (Å²) in [4.78, 5) is 0. The van der Waals surface area contributed by atoms with Crippen LogP contribution in [-0.2, 0) is 11.0 Å². The van der Waals surface area contributed by atoms with Crippen molar-refractivity contribution in [2.75, 3.05) is 0 Å². The Balaban J connectivity index is 2.69. The number of ether oxygens (including phenoxy) is 1. The molecule has 4 heteroatoms. The fraction of sp³-hybridized carbons (Fsp3) is 0.500. The average Bonchev–Trinajstić information content (AvgIpc) is 2.25. The Labute approximate surface area is 112 Å².